The molecule has 1 atom stereocenters. The molecule has 0 unspecified atom stereocenters. The Morgan fingerprint density at radius 2 is 1.83 bits per heavy atom. The number of hydrogen-bond donors (Lipinski definition) is 0. The second-order valence-corrected chi connectivity index (χ2v) is 3.53. The van der Waals surface area contributed by atoms with E-state index in [0.717, 1.165) is 0 Å². The van der Waals surface area contributed by atoms with Crippen LogP contribution in [0.5, 0.6) is 5.75 Å². The molecule has 1 aromatic rings. The van der Waals surface area contributed by atoms with E-state index in [9.17, 15) is 9.59 Å². The second kappa shape index (κ2) is 6.64. The van der Waals surface area contributed by atoms with Crippen molar-refractivity contribution < 1.29 is 23.8 Å². The van der Waals surface area contributed by atoms with Crippen molar-refractivity contribution >= 4 is 11.9 Å². The first-order chi connectivity index (χ1) is 8.58. The third-order valence-electron chi connectivity index (χ3n) is 2.21. The lowest BCUT2D eigenvalue weighted by molar-refractivity contribution is -0.150. The van der Waals surface area contributed by atoms with Crippen molar-refractivity contribution in [3.05, 3.63) is 29.8 Å². The van der Waals surface area contributed by atoms with Crippen LogP contribution >= 0.6 is 0 Å². The number of methoxy groups -OCH3 is 1. The lowest BCUT2D eigenvalue weighted by atomic mass is 10.2. The molecule has 0 saturated heterocycles. The van der Waals surface area contributed by atoms with Crippen LogP contribution in [0.3, 0.4) is 0 Å². The summed E-state index contributed by atoms with van der Waals surface area (Å²) in [6, 6.07) is 6.34. The summed E-state index contributed by atoms with van der Waals surface area (Å²) in [5.41, 5.74) is 0.425. The summed E-state index contributed by atoms with van der Waals surface area (Å²) in [5, 5.41) is 0. The Hall–Kier alpha value is -2.04. The van der Waals surface area contributed by atoms with E-state index in [0.29, 0.717) is 17.9 Å². The average Bonchev–Trinajstić information content (AvgIpc) is 2.39. The van der Waals surface area contributed by atoms with E-state index in [2.05, 4.69) is 4.74 Å². The monoisotopic (exact) mass is 252 g/mol. The van der Waals surface area contributed by atoms with Gasteiger partial charge in [0.05, 0.1) is 19.3 Å². The first-order valence-corrected chi connectivity index (χ1v) is 5.60. The highest BCUT2D eigenvalue weighted by Gasteiger charge is 2.15. The van der Waals surface area contributed by atoms with E-state index in [1.165, 1.54) is 7.11 Å². The molecule has 0 aliphatic carbocycles. The molecule has 5 nitrogen and oxygen atoms in total. The molecular formula is C13H16O5. The molecule has 0 bridgehead atoms. The van der Waals surface area contributed by atoms with Gasteiger partial charge in [0.15, 0.2) is 6.10 Å². The molecule has 0 N–H and O–H groups in total. The smallest absolute Gasteiger partial charge is 0.347 e. The van der Waals surface area contributed by atoms with Crippen molar-refractivity contribution in [1.82, 2.24) is 0 Å². The summed E-state index contributed by atoms with van der Waals surface area (Å²) in [4.78, 5) is 22.6. The second-order valence-electron chi connectivity index (χ2n) is 3.53. The van der Waals surface area contributed by atoms with Crippen LogP contribution in [0.4, 0.5) is 0 Å². The number of hydrogen-bond acceptors (Lipinski definition) is 5. The van der Waals surface area contributed by atoms with Gasteiger partial charge in [-0.25, -0.2) is 9.59 Å². The lowest BCUT2D eigenvalue weighted by Crippen LogP contribution is -2.26. The van der Waals surface area contributed by atoms with Crippen molar-refractivity contribution in [2.75, 3.05) is 13.7 Å². The number of ether oxygens (including phenoxy) is 3. The molecule has 0 amide bonds. The Labute approximate surface area is 106 Å². The number of carbonyl (C=O) groups excluding carboxylic acids is 2. The molecule has 1 aromatic carbocycles. The zero-order valence-electron chi connectivity index (χ0n) is 10.6. The summed E-state index contributed by atoms with van der Waals surface area (Å²) in [5.74, 6) is -0.349. The molecule has 0 spiro atoms. The Kier molecular flexibility index (Phi) is 5.17. The highest BCUT2D eigenvalue weighted by molar-refractivity contribution is 5.89. The molecular weight excluding hydrogens is 236 g/mol. The van der Waals surface area contributed by atoms with Crippen molar-refractivity contribution in [2.24, 2.45) is 0 Å². The molecule has 0 heterocycles. The molecule has 0 fully saturated rings. The normalized spacial score (nSPS) is 11.5. The summed E-state index contributed by atoms with van der Waals surface area (Å²) in [6.45, 7) is 3.65. The fourth-order valence-corrected chi connectivity index (χ4v) is 1.30. The number of benzene rings is 1. The fourth-order valence-electron chi connectivity index (χ4n) is 1.30. The van der Waals surface area contributed by atoms with Gasteiger partial charge in [0.2, 0.25) is 0 Å². The van der Waals surface area contributed by atoms with E-state index in [4.69, 9.17) is 9.47 Å². The van der Waals surface area contributed by atoms with Crippen LogP contribution in [-0.2, 0) is 14.3 Å². The first kappa shape index (κ1) is 14.0. The summed E-state index contributed by atoms with van der Waals surface area (Å²) in [6.07, 6.45) is -0.686. The predicted molar refractivity (Wildman–Crippen MR) is 64.5 cm³/mol. The first-order valence-electron chi connectivity index (χ1n) is 5.60. The molecule has 0 aliphatic heterocycles. The van der Waals surface area contributed by atoms with Crippen LogP contribution in [0.1, 0.15) is 24.2 Å². The van der Waals surface area contributed by atoms with Crippen molar-refractivity contribution in [3.63, 3.8) is 0 Å². The maximum absolute atomic E-state index is 11.3. The van der Waals surface area contributed by atoms with Gasteiger partial charge in [-0.1, -0.05) is 0 Å². The molecule has 0 radical (unpaired) electrons. The molecule has 18 heavy (non-hydrogen) atoms. The van der Waals surface area contributed by atoms with E-state index >= 15 is 0 Å². The van der Waals surface area contributed by atoms with Crippen molar-refractivity contribution in [3.8, 4) is 5.75 Å². The van der Waals surface area contributed by atoms with Crippen LogP contribution in [0.25, 0.3) is 0 Å². The van der Waals surface area contributed by atoms with Gasteiger partial charge in [0.25, 0.3) is 0 Å². The Morgan fingerprint density at radius 1 is 1.22 bits per heavy atom. The van der Waals surface area contributed by atoms with Gasteiger partial charge < -0.3 is 14.2 Å². The van der Waals surface area contributed by atoms with Crippen molar-refractivity contribution in [1.29, 1.82) is 0 Å². The van der Waals surface area contributed by atoms with Gasteiger partial charge in [-0.15, -0.1) is 0 Å². The van der Waals surface area contributed by atoms with Gasteiger partial charge in [0, 0.05) is 0 Å². The van der Waals surface area contributed by atoms with Gasteiger partial charge in [-0.2, -0.15) is 0 Å². The number of carbonyl (C=O) groups is 2. The van der Waals surface area contributed by atoms with Gasteiger partial charge in [-0.05, 0) is 38.1 Å². The Balaban J connectivity index is 2.63. The highest BCUT2D eigenvalue weighted by Crippen LogP contribution is 2.14. The van der Waals surface area contributed by atoms with E-state index in [1.807, 2.05) is 0 Å². The van der Waals surface area contributed by atoms with Gasteiger partial charge in [0.1, 0.15) is 5.75 Å². The number of esters is 2. The summed E-state index contributed by atoms with van der Waals surface area (Å²) >= 11 is 0. The topological polar surface area (TPSA) is 61.8 Å². The standard InChI is InChI=1S/C13H16O5/c1-4-17-12(14)9(2)18-11-7-5-10(6-8-11)13(15)16-3/h5-9H,4H2,1-3H3/t9-/m0/s1. The highest BCUT2D eigenvalue weighted by atomic mass is 16.6. The van der Waals surface area contributed by atoms with E-state index in [-0.39, 0.29) is 0 Å². The molecule has 1 rings (SSSR count). The van der Waals surface area contributed by atoms with E-state index < -0.39 is 18.0 Å². The third-order valence-corrected chi connectivity index (χ3v) is 2.21. The molecule has 0 saturated carbocycles. The van der Waals surface area contributed by atoms with Gasteiger partial charge in [-0.3, -0.25) is 0 Å². The van der Waals surface area contributed by atoms with Crippen LogP contribution in [-0.4, -0.2) is 31.8 Å². The van der Waals surface area contributed by atoms with E-state index in [1.54, 1.807) is 38.1 Å². The van der Waals surface area contributed by atoms with Crippen molar-refractivity contribution in [2.45, 2.75) is 20.0 Å². The summed E-state index contributed by atoms with van der Waals surface area (Å²) in [7, 11) is 1.32. The number of rotatable bonds is 5. The van der Waals surface area contributed by atoms with Crippen LogP contribution < -0.4 is 4.74 Å². The zero-order chi connectivity index (χ0) is 13.5. The molecule has 0 aromatic heterocycles. The summed E-state index contributed by atoms with van der Waals surface area (Å²) < 4.78 is 14.8. The maximum atomic E-state index is 11.3. The van der Waals surface area contributed by atoms with Crippen LogP contribution in [0, 0.1) is 0 Å². The zero-order valence-corrected chi connectivity index (χ0v) is 10.6. The van der Waals surface area contributed by atoms with Gasteiger partial charge >= 0.3 is 11.9 Å². The Morgan fingerprint density at radius 3 is 2.33 bits per heavy atom. The van der Waals surface area contributed by atoms with Crippen LogP contribution in [0.2, 0.25) is 0 Å². The minimum atomic E-state index is -0.686. The predicted octanol–water partition coefficient (Wildman–Crippen LogP) is 1.80. The van der Waals surface area contributed by atoms with Crippen LogP contribution in [0.15, 0.2) is 24.3 Å². The molecule has 0 aliphatic rings. The SMILES string of the molecule is CCOC(=O)[C@H](C)Oc1ccc(C(=O)OC)cc1. The molecule has 98 valence electrons. The minimum absolute atomic E-state index is 0.313. The Bertz CT molecular complexity index is 410. The molecule has 5 heteroatoms. The average molecular weight is 252 g/mol. The quantitative estimate of drug-likeness (QED) is 0.748. The fraction of sp³-hybridized carbons (Fsp3) is 0.385. The maximum Gasteiger partial charge on any atom is 0.347 e. The lowest BCUT2D eigenvalue weighted by Gasteiger charge is -2.13. The largest absolute Gasteiger partial charge is 0.479 e. The minimum Gasteiger partial charge on any atom is -0.479 e. The third kappa shape index (κ3) is 3.76.